The lowest BCUT2D eigenvalue weighted by Gasteiger charge is -2.41. The molecule has 58 heavy (non-hydrogen) atoms. The minimum atomic E-state index is -0.549. The number of hydrogen-bond acceptors (Lipinski definition) is 9. The standard InChI is InChI=1S/C44H54F2N8O4/c45-36-25-32(48-38-17-18-39(55)51-43(38)58)13-16-35(36)27-19-22-53(23-20-27)33-14-7-28(8-15-33)42(57)49-30-9-11-31(12-10-30)50-44-47-26-37(46)41(52-44)29-4-3-5-34(24-29)54-21-2-1-6-40(54)56/h3-5,13,16,24-28,30-31,33,38,48H,1-2,6-12,14-15,17-23H2,(H,49,57)(H,47,50,52)(H,51,55,58). The van der Waals surface area contributed by atoms with Gasteiger partial charge < -0.3 is 25.8 Å². The van der Waals surface area contributed by atoms with E-state index >= 15 is 4.39 Å². The fourth-order valence-corrected chi connectivity index (χ4v) is 9.68. The molecule has 4 N–H and O–H groups in total. The van der Waals surface area contributed by atoms with Crippen LogP contribution >= 0.6 is 0 Å². The van der Waals surface area contributed by atoms with E-state index in [2.05, 4.69) is 36.1 Å². The normalized spacial score (nSPS) is 26.2. The van der Waals surface area contributed by atoms with E-state index in [0.717, 1.165) is 95.8 Å². The maximum Gasteiger partial charge on any atom is 0.249 e. The van der Waals surface area contributed by atoms with Crippen LogP contribution < -0.4 is 26.2 Å². The molecule has 3 saturated heterocycles. The number of imide groups is 1. The molecule has 4 heterocycles. The number of rotatable bonds is 10. The summed E-state index contributed by atoms with van der Waals surface area (Å²) in [5.41, 5.74) is 2.80. The third kappa shape index (κ3) is 9.32. The Morgan fingerprint density at radius 3 is 2.29 bits per heavy atom. The second-order valence-electron chi connectivity index (χ2n) is 16.8. The first-order valence-electron chi connectivity index (χ1n) is 21.3. The van der Waals surface area contributed by atoms with Crippen LogP contribution in [0.4, 0.5) is 26.1 Å². The van der Waals surface area contributed by atoms with Gasteiger partial charge in [-0.1, -0.05) is 18.2 Å². The largest absolute Gasteiger partial charge is 0.374 e. The molecule has 1 atom stereocenters. The van der Waals surface area contributed by atoms with E-state index in [1.54, 1.807) is 11.0 Å². The van der Waals surface area contributed by atoms with Gasteiger partial charge in [-0.3, -0.25) is 24.5 Å². The number of halogens is 2. The summed E-state index contributed by atoms with van der Waals surface area (Å²) in [5.74, 6) is -0.686. The van der Waals surface area contributed by atoms with Crippen molar-refractivity contribution < 1.29 is 28.0 Å². The van der Waals surface area contributed by atoms with E-state index in [1.165, 1.54) is 12.3 Å². The molecule has 1 unspecified atom stereocenters. The Morgan fingerprint density at radius 2 is 1.55 bits per heavy atom. The van der Waals surface area contributed by atoms with Gasteiger partial charge in [-0.2, -0.15) is 0 Å². The second kappa shape index (κ2) is 17.9. The molecule has 1 aromatic heterocycles. The number of anilines is 3. The van der Waals surface area contributed by atoms with Crippen molar-refractivity contribution in [1.82, 2.24) is 25.5 Å². The molecule has 5 fully saturated rings. The Balaban J connectivity index is 0.754. The number of amides is 4. The van der Waals surface area contributed by atoms with Gasteiger partial charge in [0, 0.05) is 60.4 Å². The number of nitrogens with zero attached hydrogens (tertiary/aromatic N) is 4. The fraction of sp³-hybridized carbons (Fsp3) is 0.545. The third-order valence-electron chi connectivity index (χ3n) is 13.0. The molecule has 3 aliphatic heterocycles. The average molecular weight is 797 g/mol. The summed E-state index contributed by atoms with van der Waals surface area (Å²) >= 11 is 0. The number of carbonyl (C=O) groups is 4. The van der Waals surface area contributed by atoms with Gasteiger partial charge in [-0.05, 0) is 132 Å². The first-order chi connectivity index (χ1) is 28.2. The zero-order chi connectivity index (χ0) is 40.2. The number of hydrogen-bond donors (Lipinski definition) is 4. The summed E-state index contributed by atoms with van der Waals surface area (Å²) in [6, 6.07) is 12.6. The highest BCUT2D eigenvalue weighted by Crippen LogP contribution is 2.36. The van der Waals surface area contributed by atoms with Crippen LogP contribution in [0, 0.1) is 17.6 Å². The van der Waals surface area contributed by atoms with Crippen LogP contribution in [0.2, 0.25) is 0 Å². The van der Waals surface area contributed by atoms with Gasteiger partial charge in [0.1, 0.15) is 17.6 Å². The number of benzene rings is 2. The summed E-state index contributed by atoms with van der Waals surface area (Å²) in [5, 5.41) is 12.1. The van der Waals surface area contributed by atoms with Gasteiger partial charge in [0.15, 0.2) is 5.82 Å². The van der Waals surface area contributed by atoms with E-state index in [4.69, 9.17) is 0 Å². The minimum Gasteiger partial charge on any atom is -0.374 e. The number of aromatic nitrogens is 2. The van der Waals surface area contributed by atoms with E-state index in [1.807, 2.05) is 30.3 Å². The summed E-state index contributed by atoms with van der Waals surface area (Å²) in [6.07, 6.45) is 13.0. The predicted octanol–water partition coefficient (Wildman–Crippen LogP) is 6.43. The zero-order valence-corrected chi connectivity index (χ0v) is 33.0. The Kier molecular flexibility index (Phi) is 12.3. The van der Waals surface area contributed by atoms with Crippen LogP contribution in [0.5, 0.6) is 0 Å². The maximum absolute atomic E-state index is 15.3. The molecule has 2 aliphatic carbocycles. The second-order valence-corrected chi connectivity index (χ2v) is 16.8. The van der Waals surface area contributed by atoms with Crippen molar-refractivity contribution in [2.75, 3.05) is 35.2 Å². The highest BCUT2D eigenvalue weighted by atomic mass is 19.1. The van der Waals surface area contributed by atoms with Gasteiger partial charge in [0.25, 0.3) is 0 Å². The van der Waals surface area contributed by atoms with Crippen molar-refractivity contribution in [2.45, 2.75) is 126 Å². The Hall–Kier alpha value is -4.98. The quantitative estimate of drug-likeness (QED) is 0.170. The molecule has 14 heteroatoms. The molecular weight excluding hydrogens is 743 g/mol. The van der Waals surface area contributed by atoms with Gasteiger partial charge in [-0.15, -0.1) is 0 Å². The van der Waals surface area contributed by atoms with Crippen LogP contribution in [0.25, 0.3) is 11.3 Å². The van der Waals surface area contributed by atoms with Crippen molar-refractivity contribution in [3.63, 3.8) is 0 Å². The van der Waals surface area contributed by atoms with Crippen molar-refractivity contribution in [2.24, 2.45) is 5.92 Å². The Bertz CT molecular complexity index is 1990. The smallest absolute Gasteiger partial charge is 0.249 e. The highest BCUT2D eigenvalue weighted by Gasteiger charge is 2.34. The van der Waals surface area contributed by atoms with Gasteiger partial charge in [-0.25, -0.2) is 18.7 Å². The molecule has 0 spiro atoms. The summed E-state index contributed by atoms with van der Waals surface area (Å²) in [7, 11) is 0. The first kappa shape index (κ1) is 39.8. The van der Waals surface area contributed by atoms with Crippen LogP contribution in [0.1, 0.15) is 108 Å². The van der Waals surface area contributed by atoms with Crippen LogP contribution in [0.15, 0.2) is 48.7 Å². The van der Waals surface area contributed by atoms with Crippen LogP contribution in [0.3, 0.4) is 0 Å². The molecule has 2 saturated carbocycles. The van der Waals surface area contributed by atoms with Gasteiger partial charge >= 0.3 is 0 Å². The van der Waals surface area contributed by atoms with Crippen LogP contribution in [-0.4, -0.2) is 82.3 Å². The van der Waals surface area contributed by atoms with Crippen molar-refractivity contribution in [3.8, 4) is 11.3 Å². The number of nitrogens with one attached hydrogen (secondary N) is 4. The molecule has 5 aliphatic rings. The lowest BCUT2D eigenvalue weighted by Crippen LogP contribution is -2.47. The molecule has 3 aromatic rings. The molecule has 2 aromatic carbocycles. The average Bonchev–Trinajstić information content (AvgIpc) is 3.24. The summed E-state index contributed by atoms with van der Waals surface area (Å²) in [6.45, 7) is 2.46. The molecule has 308 valence electrons. The monoisotopic (exact) mass is 796 g/mol. The molecule has 4 amide bonds. The van der Waals surface area contributed by atoms with Crippen molar-refractivity contribution >= 4 is 41.0 Å². The van der Waals surface area contributed by atoms with Gasteiger partial charge in [0.05, 0.1) is 6.20 Å². The molecule has 8 rings (SSSR count). The van der Waals surface area contributed by atoms with E-state index in [0.29, 0.717) is 48.2 Å². The predicted molar refractivity (Wildman–Crippen MR) is 217 cm³/mol. The van der Waals surface area contributed by atoms with E-state index in [9.17, 15) is 23.6 Å². The van der Waals surface area contributed by atoms with Crippen molar-refractivity contribution in [3.05, 3.63) is 65.9 Å². The minimum absolute atomic E-state index is 0.0172. The number of likely N-dealkylation sites (tertiary alicyclic amines) is 1. The van der Waals surface area contributed by atoms with E-state index < -0.39 is 11.9 Å². The SMILES string of the molecule is O=C1CCC(Nc2ccc(C3CCN(C4CCC(C(=O)NC5CCC(Nc6ncc(F)c(-c7cccc(N8CCCCC8=O)c7)n6)CC5)CC4)CC3)c(F)c2)C(=O)N1. The Morgan fingerprint density at radius 1 is 0.776 bits per heavy atom. The lowest BCUT2D eigenvalue weighted by molar-refractivity contribution is -0.133. The van der Waals surface area contributed by atoms with E-state index in [-0.39, 0.29) is 65.5 Å². The lowest BCUT2D eigenvalue weighted by atomic mass is 9.82. The van der Waals surface area contributed by atoms with Crippen LogP contribution in [-0.2, 0) is 19.2 Å². The third-order valence-corrected chi connectivity index (χ3v) is 13.0. The zero-order valence-electron chi connectivity index (χ0n) is 33.0. The number of piperidine rings is 3. The fourth-order valence-electron chi connectivity index (χ4n) is 9.68. The molecular formula is C44H54F2N8O4. The van der Waals surface area contributed by atoms with Gasteiger partial charge in [0.2, 0.25) is 29.6 Å². The molecule has 0 bridgehead atoms. The maximum atomic E-state index is 15.3. The Labute approximate surface area is 338 Å². The topological polar surface area (TPSA) is 149 Å². The molecule has 12 nitrogen and oxygen atoms in total. The van der Waals surface area contributed by atoms with Crippen molar-refractivity contribution in [1.29, 1.82) is 0 Å². The summed E-state index contributed by atoms with van der Waals surface area (Å²) in [4.78, 5) is 62.5. The first-order valence-corrected chi connectivity index (χ1v) is 21.3. The summed E-state index contributed by atoms with van der Waals surface area (Å²) < 4.78 is 30.3. The molecule has 0 radical (unpaired) electrons. The highest BCUT2D eigenvalue weighted by molar-refractivity contribution is 6.01. The number of carbonyl (C=O) groups excluding carboxylic acids is 4.